The molecule has 0 aliphatic carbocycles. The maximum absolute atomic E-state index is 12.4. The lowest BCUT2D eigenvalue weighted by Crippen LogP contribution is -2.49. The molecule has 1 amide bonds. The van der Waals surface area contributed by atoms with E-state index in [2.05, 4.69) is 9.88 Å². The van der Waals surface area contributed by atoms with Crippen LogP contribution in [0.2, 0.25) is 5.02 Å². The Morgan fingerprint density at radius 1 is 1.21 bits per heavy atom. The first kappa shape index (κ1) is 20.8. The van der Waals surface area contributed by atoms with Gasteiger partial charge in [-0.3, -0.25) is 9.69 Å². The molecule has 3 rings (SSSR count). The van der Waals surface area contributed by atoms with Gasteiger partial charge in [-0.05, 0) is 12.1 Å². The quantitative estimate of drug-likeness (QED) is 0.675. The fraction of sp³-hybridized carbons (Fsp3) is 0.474. The highest BCUT2D eigenvalue weighted by Crippen LogP contribution is 2.28. The normalized spacial score (nSPS) is 15.7. The van der Waals surface area contributed by atoms with Crippen LogP contribution in [0.15, 0.2) is 34.9 Å². The predicted molar refractivity (Wildman–Crippen MR) is 108 cm³/mol. The third-order valence-electron chi connectivity index (χ3n) is 4.75. The van der Waals surface area contributed by atoms with Gasteiger partial charge in [0.05, 0.1) is 17.0 Å². The monoisotopic (exact) mass is 425 g/mol. The summed E-state index contributed by atoms with van der Waals surface area (Å²) >= 11 is 6.17. The second kappa shape index (κ2) is 9.07. The third-order valence-corrected chi connectivity index (χ3v) is 6.00. The van der Waals surface area contributed by atoms with Crippen LogP contribution in [0.5, 0.6) is 0 Å². The first-order valence-electron chi connectivity index (χ1n) is 9.19. The zero-order valence-electron chi connectivity index (χ0n) is 15.8. The van der Waals surface area contributed by atoms with Crippen LogP contribution >= 0.6 is 11.6 Å². The molecule has 1 fully saturated rings. The van der Waals surface area contributed by atoms with Crippen LogP contribution in [0.4, 0.5) is 0 Å². The molecule has 2 aromatic rings. The molecule has 28 heavy (non-hydrogen) atoms. The molecular weight excluding hydrogens is 402 g/mol. The van der Waals surface area contributed by atoms with Crippen molar-refractivity contribution in [2.75, 3.05) is 44.7 Å². The van der Waals surface area contributed by atoms with Crippen molar-refractivity contribution in [3.8, 4) is 11.3 Å². The molecule has 0 saturated carbocycles. The van der Waals surface area contributed by atoms with E-state index in [0.717, 1.165) is 5.56 Å². The Balaban J connectivity index is 1.46. The second-order valence-corrected chi connectivity index (χ2v) is 9.62. The lowest BCUT2D eigenvalue weighted by atomic mass is 10.2. The predicted octanol–water partition coefficient (Wildman–Crippen LogP) is 2.12. The minimum absolute atomic E-state index is 0.0558. The minimum Gasteiger partial charge on any atom is -0.441 e. The van der Waals surface area contributed by atoms with Crippen LogP contribution in [0.3, 0.4) is 0 Å². The number of oxazole rings is 1. The number of nitrogens with zero attached hydrogens (tertiary/aromatic N) is 3. The van der Waals surface area contributed by atoms with Crippen molar-refractivity contribution < 1.29 is 17.6 Å². The number of halogens is 1. The molecule has 0 spiro atoms. The van der Waals surface area contributed by atoms with Gasteiger partial charge in [-0.15, -0.1) is 0 Å². The maximum Gasteiger partial charge on any atom is 0.223 e. The number of amides is 1. The Kier molecular flexibility index (Phi) is 6.74. The summed E-state index contributed by atoms with van der Waals surface area (Å²) in [5.41, 5.74) is 0.777. The number of hydrogen-bond donors (Lipinski definition) is 0. The number of rotatable bonds is 7. The fourth-order valence-corrected chi connectivity index (χ4v) is 3.92. The largest absolute Gasteiger partial charge is 0.441 e. The van der Waals surface area contributed by atoms with Gasteiger partial charge in [-0.25, -0.2) is 13.4 Å². The number of piperazine rings is 1. The van der Waals surface area contributed by atoms with Crippen LogP contribution in [0.25, 0.3) is 11.3 Å². The van der Waals surface area contributed by atoms with Crippen LogP contribution < -0.4 is 0 Å². The van der Waals surface area contributed by atoms with Gasteiger partial charge in [0, 0.05) is 57.4 Å². The number of sulfone groups is 1. The van der Waals surface area contributed by atoms with Gasteiger partial charge >= 0.3 is 0 Å². The van der Waals surface area contributed by atoms with Crippen molar-refractivity contribution in [1.29, 1.82) is 0 Å². The summed E-state index contributed by atoms with van der Waals surface area (Å²) in [5.74, 6) is 1.31. The van der Waals surface area contributed by atoms with E-state index in [1.54, 1.807) is 12.3 Å². The van der Waals surface area contributed by atoms with Gasteiger partial charge in [-0.1, -0.05) is 23.7 Å². The summed E-state index contributed by atoms with van der Waals surface area (Å²) in [7, 11) is -2.96. The van der Waals surface area contributed by atoms with E-state index in [-0.39, 0.29) is 11.7 Å². The smallest absolute Gasteiger partial charge is 0.223 e. The molecule has 7 nitrogen and oxygen atoms in total. The molecule has 0 unspecified atom stereocenters. The first-order valence-corrected chi connectivity index (χ1v) is 11.6. The highest BCUT2D eigenvalue weighted by molar-refractivity contribution is 7.90. The van der Waals surface area contributed by atoms with Crippen LogP contribution in [0.1, 0.15) is 12.3 Å². The van der Waals surface area contributed by atoms with Crippen molar-refractivity contribution in [3.63, 3.8) is 0 Å². The molecule has 152 valence electrons. The Morgan fingerprint density at radius 3 is 2.61 bits per heavy atom. The molecule has 1 saturated heterocycles. The lowest BCUT2D eigenvalue weighted by molar-refractivity contribution is -0.132. The van der Waals surface area contributed by atoms with E-state index < -0.39 is 9.84 Å². The van der Waals surface area contributed by atoms with Gasteiger partial charge < -0.3 is 9.32 Å². The molecule has 1 aromatic heterocycles. The van der Waals surface area contributed by atoms with Crippen molar-refractivity contribution in [1.82, 2.24) is 14.8 Å². The number of aromatic nitrogens is 1. The van der Waals surface area contributed by atoms with Crippen LogP contribution in [-0.2, 0) is 21.1 Å². The van der Waals surface area contributed by atoms with E-state index >= 15 is 0 Å². The third kappa shape index (κ3) is 5.80. The van der Waals surface area contributed by atoms with Gasteiger partial charge in [0.2, 0.25) is 5.91 Å². The lowest BCUT2D eigenvalue weighted by Gasteiger charge is -2.34. The fourth-order valence-electron chi connectivity index (χ4n) is 3.10. The van der Waals surface area contributed by atoms with E-state index in [0.29, 0.717) is 62.2 Å². The minimum atomic E-state index is -2.96. The van der Waals surface area contributed by atoms with Gasteiger partial charge in [0.25, 0.3) is 0 Å². The summed E-state index contributed by atoms with van der Waals surface area (Å²) in [6.45, 7) is 3.12. The van der Waals surface area contributed by atoms with Crippen molar-refractivity contribution in [3.05, 3.63) is 41.4 Å². The summed E-state index contributed by atoms with van der Waals surface area (Å²) in [5, 5.41) is 0.593. The standard InChI is InChI=1S/C19H24ClN3O4S/c1-28(25,26)13-12-22-8-10-23(11-9-22)19(24)7-6-18-21-14-17(27-18)15-4-2-3-5-16(15)20/h2-5,14H,6-13H2,1H3. The SMILES string of the molecule is CS(=O)(=O)CCN1CCN(C(=O)CCc2ncc(-c3ccccc3Cl)o2)CC1. The first-order chi connectivity index (χ1) is 13.3. The van der Waals surface area contributed by atoms with Gasteiger partial charge in [0.15, 0.2) is 11.7 Å². The van der Waals surface area contributed by atoms with Crippen LogP contribution in [0, 0.1) is 0 Å². The van der Waals surface area contributed by atoms with Crippen molar-refractivity contribution >= 4 is 27.3 Å². The highest BCUT2D eigenvalue weighted by atomic mass is 35.5. The van der Waals surface area contributed by atoms with Gasteiger partial charge in [0.1, 0.15) is 9.84 Å². The Hall–Kier alpha value is -1.90. The van der Waals surface area contributed by atoms with E-state index in [1.165, 1.54) is 6.26 Å². The zero-order valence-corrected chi connectivity index (χ0v) is 17.4. The summed E-state index contributed by atoms with van der Waals surface area (Å²) in [6.07, 6.45) is 3.62. The Labute approximate surface area is 170 Å². The Bertz CT molecular complexity index is 921. The van der Waals surface area contributed by atoms with Crippen molar-refractivity contribution in [2.24, 2.45) is 0 Å². The average Bonchev–Trinajstić information content (AvgIpc) is 3.13. The second-order valence-electron chi connectivity index (χ2n) is 6.95. The van der Waals surface area contributed by atoms with Gasteiger partial charge in [-0.2, -0.15) is 0 Å². The van der Waals surface area contributed by atoms with Crippen LogP contribution in [-0.4, -0.2) is 73.8 Å². The molecule has 0 radical (unpaired) electrons. The molecule has 0 bridgehead atoms. The topological polar surface area (TPSA) is 83.7 Å². The molecule has 0 N–H and O–H groups in total. The highest BCUT2D eigenvalue weighted by Gasteiger charge is 2.22. The number of hydrogen-bond acceptors (Lipinski definition) is 6. The summed E-state index contributed by atoms with van der Waals surface area (Å²) in [6, 6.07) is 7.38. The molecule has 1 aliphatic rings. The number of aryl methyl sites for hydroxylation is 1. The summed E-state index contributed by atoms with van der Waals surface area (Å²) in [4.78, 5) is 20.6. The summed E-state index contributed by atoms with van der Waals surface area (Å²) < 4.78 is 28.3. The molecule has 1 aliphatic heterocycles. The molecular formula is C19H24ClN3O4S. The number of benzene rings is 1. The molecule has 2 heterocycles. The molecule has 0 atom stereocenters. The molecule has 9 heteroatoms. The zero-order chi connectivity index (χ0) is 20.1. The van der Waals surface area contributed by atoms with Crippen molar-refractivity contribution in [2.45, 2.75) is 12.8 Å². The number of carbonyl (C=O) groups excluding carboxylic acids is 1. The van der Waals surface area contributed by atoms with E-state index in [4.69, 9.17) is 16.0 Å². The molecule has 1 aromatic carbocycles. The van der Waals surface area contributed by atoms with E-state index in [9.17, 15) is 13.2 Å². The average molecular weight is 426 g/mol. The Morgan fingerprint density at radius 2 is 1.93 bits per heavy atom. The maximum atomic E-state index is 12.4. The van der Waals surface area contributed by atoms with E-state index in [1.807, 2.05) is 23.1 Å². The number of carbonyl (C=O) groups is 1.